The zero-order valence-electron chi connectivity index (χ0n) is 11.3. The lowest BCUT2D eigenvalue weighted by atomic mass is 10.1. The number of imidazole rings is 1. The van der Waals surface area contributed by atoms with Gasteiger partial charge in [0.25, 0.3) is 5.91 Å². The molecular formula is C14H19N5O. The molecule has 6 heteroatoms. The first kappa shape index (κ1) is 12.9. The van der Waals surface area contributed by atoms with Gasteiger partial charge in [-0.15, -0.1) is 0 Å². The monoisotopic (exact) mass is 273 g/mol. The van der Waals surface area contributed by atoms with Crippen LogP contribution >= 0.6 is 0 Å². The van der Waals surface area contributed by atoms with Crippen LogP contribution in [0.3, 0.4) is 0 Å². The van der Waals surface area contributed by atoms with Crippen LogP contribution in [0.1, 0.15) is 35.2 Å². The lowest BCUT2D eigenvalue weighted by molar-refractivity contribution is 0.0937. The molecule has 1 fully saturated rings. The number of aromatic amines is 1. The molecule has 1 amide bonds. The molecule has 20 heavy (non-hydrogen) atoms. The first-order valence-corrected chi connectivity index (χ1v) is 6.98. The number of nitrogens with zero attached hydrogens (tertiary/aromatic N) is 2. The van der Waals surface area contributed by atoms with Gasteiger partial charge in [0, 0.05) is 24.6 Å². The standard InChI is InChI=1S/C14H19N5O/c20-14(18-10-13-16-7-8-17-13)12-2-1-9-19(12)11-3-5-15-6-4-11/h1-2,7-9,11,15H,3-6,10H2,(H,16,17)(H,18,20). The van der Waals surface area contributed by atoms with E-state index in [1.165, 1.54) is 0 Å². The third-order valence-electron chi connectivity index (χ3n) is 3.68. The van der Waals surface area contributed by atoms with Gasteiger partial charge in [0.1, 0.15) is 11.5 Å². The van der Waals surface area contributed by atoms with E-state index < -0.39 is 0 Å². The first-order valence-electron chi connectivity index (χ1n) is 6.98. The van der Waals surface area contributed by atoms with Crippen molar-refractivity contribution < 1.29 is 4.79 Å². The van der Waals surface area contributed by atoms with Gasteiger partial charge in [0.2, 0.25) is 0 Å². The number of rotatable bonds is 4. The highest BCUT2D eigenvalue weighted by molar-refractivity contribution is 5.92. The summed E-state index contributed by atoms with van der Waals surface area (Å²) in [7, 11) is 0. The van der Waals surface area contributed by atoms with Crippen molar-refractivity contribution in [2.24, 2.45) is 0 Å². The Labute approximate surface area is 117 Å². The Balaban J connectivity index is 1.67. The van der Waals surface area contributed by atoms with E-state index in [9.17, 15) is 4.79 Å². The van der Waals surface area contributed by atoms with E-state index in [0.717, 1.165) is 37.4 Å². The minimum atomic E-state index is -0.0510. The maximum absolute atomic E-state index is 12.3. The number of carbonyl (C=O) groups is 1. The minimum Gasteiger partial charge on any atom is -0.347 e. The second-order valence-corrected chi connectivity index (χ2v) is 5.00. The van der Waals surface area contributed by atoms with E-state index in [1.54, 1.807) is 12.4 Å². The fourth-order valence-corrected chi connectivity index (χ4v) is 2.64. The molecule has 1 saturated heterocycles. The zero-order chi connectivity index (χ0) is 13.8. The summed E-state index contributed by atoms with van der Waals surface area (Å²) in [6, 6.07) is 4.22. The molecule has 3 N–H and O–H groups in total. The van der Waals surface area contributed by atoms with Gasteiger partial charge in [0.15, 0.2) is 0 Å². The van der Waals surface area contributed by atoms with Crippen molar-refractivity contribution in [1.82, 2.24) is 25.2 Å². The average molecular weight is 273 g/mol. The largest absolute Gasteiger partial charge is 0.347 e. The Hall–Kier alpha value is -2.08. The smallest absolute Gasteiger partial charge is 0.268 e. The Morgan fingerprint density at radius 2 is 2.30 bits per heavy atom. The SMILES string of the molecule is O=C(NCc1ncc[nH]1)c1cccn1C1CCNCC1. The summed E-state index contributed by atoms with van der Waals surface area (Å²) < 4.78 is 2.10. The first-order chi connectivity index (χ1) is 9.84. The van der Waals surface area contributed by atoms with Crippen molar-refractivity contribution in [2.45, 2.75) is 25.4 Å². The number of hydrogen-bond acceptors (Lipinski definition) is 3. The van der Waals surface area contributed by atoms with Gasteiger partial charge < -0.3 is 20.2 Å². The molecule has 2 aromatic heterocycles. The topological polar surface area (TPSA) is 74.7 Å². The van der Waals surface area contributed by atoms with Gasteiger partial charge in [-0.1, -0.05) is 0 Å². The van der Waals surface area contributed by atoms with E-state index in [4.69, 9.17) is 0 Å². The molecule has 0 aliphatic carbocycles. The third-order valence-corrected chi connectivity index (χ3v) is 3.68. The van der Waals surface area contributed by atoms with Crippen molar-refractivity contribution >= 4 is 5.91 Å². The predicted octanol–water partition coefficient (Wildman–Crippen LogP) is 1.07. The van der Waals surface area contributed by atoms with Gasteiger partial charge in [-0.25, -0.2) is 4.98 Å². The summed E-state index contributed by atoms with van der Waals surface area (Å²) >= 11 is 0. The van der Waals surface area contributed by atoms with Crippen LogP contribution in [0, 0.1) is 0 Å². The summed E-state index contributed by atoms with van der Waals surface area (Å²) in [5, 5.41) is 6.24. The molecule has 1 aliphatic rings. The molecule has 0 spiro atoms. The maximum Gasteiger partial charge on any atom is 0.268 e. The van der Waals surface area contributed by atoms with Gasteiger partial charge in [0.05, 0.1) is 6.54 Å². The van der Waals surface area contributed by atoms with Gasteiger partial charge in [-0.3, -0.25) is 4.79 Å². The van der Waals surface area contributed by atoms with E-state index in [-0.39, 0.29) is 5.91 Å². The second-order valence-electron chi connectivity index (χ2n) is 5.00. The molecule has 1 aliphatic heterocycles. The van der Waals surface area contributed by atoms with Gasteiger partial charge >= 0.3 is 0 Å². The molecule has 2 aromatic rings. The zero-order valence-corrected chi connectivity index (χ0v) is 11.3. The minimum absolute atomic E-state index is 0.0510. The molecule has 0 bridgehead atoms. The number of amides is 1. The quantitative estimate of drug-likeness (QED) is 0.780. The summed E-state index contributed by atoms with van der Waals surface area (Å²) in [6.07, 6.45) is 7.55. The van der Waals surface area contributed by atoms with E-state index in [2.05, 4.69) is 25.2 Å². The molecule has 3 heterocycles. The Bertz CT molecular complexity index is 554. The van der Waals surface area contributed by atoms with Crippen LogP contribution in [0.4, 0.5) is 0 Å². The Kier molecular flexibility index (Phi) is 3.83. The van der Waals surface area contributed by atoms with Gasteiger partial charge in [-0.2, -0.15) is 0 Å². The van der Waals surface area contributed by atoms with Crippen molar-refractivity contribution in [2.75, 3.05) is 13.1 Å². The lowest BCUT2D eigenvalue weighted by Crippen LogP contribution is -2.32. The summed E-state index contributed by atoms with van der Waals surface area (Å²) in [4.78, 5) is 19.3. The maximum atomic E-state index is 12.3. The highest BCUT2D eigenvalue weighted by Gasteiger charge is 2.19. The van der Waals surface area contributed by atoms with Crippen LogP contribution in [0.5, 0.6) is 0 Å². The number of piperidine rings is 1. The predicted molar refractivity (Wildman–Crippen MR) is 75.3 cm³/mol. The van der Waals surface area contributed by atoms with Crippen molar-refractivity contribution in [1.29, 1.82) is 0 Å². The van der Waals surface area contributed by atoms with Gasteiger partial charge in [-0.05, 0) is 38.1 Å². The Morgan fingerprint density at radius 3 is 3.05 bits per heavy atom. The lowest BCUT2D eigenvalue weighted by Gasteiger charge is -2.25. The van der Waals surface area contributed by atoms with E-state index in [0.29, 0.717) is 12.6 Å². The molecule has 0 radical (unpaired) electrons. The van der Waals surface area contributed by atoms with Crippen molar-refractivity contribution in [3.63, 3.8) is 0 Å². The van der Waals surface area contributed by atoms with Crippen LogP contribution < -0.4 is 10.6 Å². The molecule has 106 valence electrons. The van der Waals surface area contributed by atoms with Crippen LogP contribution in [0.25, 0.3) is 0 Å². The molecule has 3 rings (SSSR count). The van der Waals surface area contributed by atoms with Crippen molar-refractivity contribution in [3.05, 3.63) is 42.2 Å². The molecule has 0 saturated carbocycles. The number of H-pyrrole nitrogens is 1. The Morgan fingerprint density at radius 1 is 1.45 bits per heavy atom. The molecule has 6 nitrogen and oxygen atoms in total. The summed E-state index contributed by atoms with van der Waals surface area (Å²) in [6.45, 7) is 2.44. The molecule has 0 atom stereocenters. The summed E-state index contributed by atoms with van der Waals surface area (Å²) in [5.74, 6) is 0.711. The fraction of sp³-hybridized carbons (Fsp3) is 0.429. The molecular weight excluding hydrogens is 254 g/mol. The number of hydrogen-bond donors (Lipinski definition) is 3. The van der Waals surface area contributed by atoms with E-state index in [1.807, 2.05) is 18.3 Å². The highest BCUT2D eigenvalue weighted by Crippen LogP contribution is 2.21. The highest BCUT2D eigenvalue weighted by atomic mass is 16.1. The fourth-order valence-electron chi connectivity index (χ4n) is 2.64. The third kappa shape index (κ3) is 2.75. The van der Waals surface area contributed by atoms with Crippen LogP contribution in [-0.4, -0.2) is 33.5 Å². The second kappa shape index (κ2) is 5.92. The van der Waals surface area contributed by atoms with Crippen molar-refractivity contribution in [3.8, 4) is 0 Å². The summed E-state index contributed by atoms with van der Waals surface area (Å²) in [5.41, 5.74) is 0.725. The number of carbonyl (C=O) groups excluding carboxylic acids is 1. The molecule has 0 unspecified atom stereocenters. The molecule has 0 aromatic carbocycles. The average Bonchev–Trinajstić information content (AvgIpc) is 3.17. The van der Waals surface area contributed by atoms with E-state index >= 15 is 0 Å². The van der Waals surface area contributed by atoms with Crippen LogP contribution in [0.15, 0.2) is 30.7 Å². The number of aromatic nitrogens is 3. The van der Waals surface area contributed by atoms with Crippen LogP contribution in [0.2, 0.25) is 0 Å². The number of nitrogens with one attached hydrogen (secondary N) is 3. The normalized spacial score (nSPS) is 16.2. The van der Waals surface area contributed by atoms with Crippen LogP contribution in [-0.2, 0) is 6.54 Å².